The summed E-state index contributed by atoms with van der Waals surface area (Å²) in [6.07, 6.45) is 4.86. The minimum Gasteiger partial charge on any atom is -0.501 e. The lowest BCUT2D eigenvalue weighted by Crippen LogP contribution is -2.47. The highest BCUT2D eigenvalue weighted by atomic mass is 16.5. The Bertz CT molecular complexity index is 907. The van der Waals surface area contributed by atoms with Crippen molar-refractivity contribution in [3.05, 3.63) is 65.2 Å². The maximum Gasteiger partial charge on any atom is 0.321 e. The van der Waals surface area contributed by atoms with Crippen LogP contribution >= 0.6 is 0 Å². The van der Waals surface area contributed by atoms with Gasteiger partial charge < -0.3 is 20.1 Å². The fourth-order valence-electron chi connectivity index (χ4n) is 4.05. The Labute approximate surface area is 185 Å². The summed E-state index contributed by atoms with van der Waals surface area (Å²) in [6.45, 7) is 9.42. The molecule has 3 rings (SSSR count). The lowest BCUT2D eigenvalue weighted by Gasteiger charge is -2.38. The van der Waals surface area contributed by atoms with E-state index in [0.29, 0.717) is 18.8 Å². The molecule has 1 aromatic carbocycles. The fourth-order valence-corrected chi connectivity index (χ4v) is 4.05. The number of methoxy groups -OCH3 is 1. The molecule has 0 atom stereocenters. The van der Waals surface area contributed by atoms with E-state index in [4.69, 9.17) is 9.73 Å². The molecular formula is C25H33N3O3. The smallest absolute Gasteiger partial charge is 0.321 e. The zero-order valence-electron chi connectivity index (χ0n) is 18.8. The average Bonchev–Trinajstić information content (AvgIpc) is 2.79. The van der Waals surface area contributed by atoms with Crippen LogP contribution in [0.4, 0.5) is 4.79 Å². The summed E-state index contributed by atoms with van der Waals surface area (Å²) in [6, 6.07) is 10.0. The predicted octanol–water partition coefficient (Wildman–Crippen LogP) is 4.50. The summed E-state index contributed by atoms with van der Waals surface area (Å²) in [7, 11) is 1.69. The Morgan fingerprint density at radius 3 is 2.58 bits per heavy atom. The van der Waals surface area contributed by atoms with Gasteiger partial charge in [0.2, 0.25) is 0 Å². The van der Waals surface area contributed by atoms with Crippen LogP contribution in [0.2, 0.25) is 0 Å². The van der Waals surface area contributed by atoms with E-state index in [1.165, 1.54) is 0 Å². The number of aliphatic hydroxyl groups is 1. The second-order valence-corrected chi connectivity index (χ2v) is 8.61. The van der Waals surface area contributed by atoms with Crippen LogP contribution in [0.5, 0.6) is 0 Å². The van der Waals surface area contributed by atoms with Gasteiger partial charge in [0.25, 0.3) is 0 Å². The molecule has 1 fully saturated rings. The zero-order chi connectivity index (χ0) is 22.4. The third kappa shape index (κ3) is 5.44. The third-order valence-corrected chi connectivity index (χ3v) is 6.29. The van der Waals surface area contributed by atoms with Crippen LogP contribution in [-0.4, -0.2) is 49.1 Å². The van der Waals surface area contributed by atoms with E-state index in [9.17, 15) is 9.90 Å². The number of likely N-dealkylation sites (tertiary alicyclic amines) is 1. The van der Waals surface area contributed by atoms with Gasteiger partial charge in [-0.1, -0.05) is 43.8 Å². The standard InChI is InChI=1S/C25H33N3O3/c1-18(27-24(30)28-14-12-25(3,17-29)13-15-28)16-26-23-19(2)22(31-4)11-10-21(23)20-8-6-5-7-9-20/h5-9,16,29H,1,10-15,17H2,2-4H3,(H,27,30)/b26-16-. The van der Waals surface area contributed by atoms with E-state index in [2.05, 4.69) is 31.0 Å². The molecule has 2 N–H and O–H groups in total. The zero-order valence-corrected chi connectivity index (χ0v) is 18.8. The average molecular weight is 424 g/mol. The molecule has 0 aromatic heterocycles. The largest absolute Gasteiger partial charge is 0.501 e. The second kappa shape index (κ2) is 9.96. The molecule has 1 aliphatic carbocycles. The highest BCUT2D eigenvalue weighted by molar-refractivity contribution is 5.88. The molecule has 1 saturated heterocycles. The third-order valence-electron chi connectivity index (χ3n) is 6.29. The number of hydrogen-bond acceptors (Lipinski definition) is 4. The van der Waals surface area contributed by atoms with Crippen molar-refractivity contribution < 1.29 is 14.6 Å². The number of nitrogens with one attached hydrogen (secondary N) is 1. The molecule has 1 aliphatic heterocycles. The molecule has 1 aromatic rings. The number of carbonyl (C=O) groups excluding carboxylic acids is 1. The Kier molecular flexibility index (Phi) is 7.33. The van der Waals surface area contributed by atoms with E-state index < -0.39 is 0 Å². The molecule has 166 valence electrons. The molecule has 0 unspecified atom stereocenters. The molecule has 2 amide bonds. The number of rotatable bonds is 6. The van der Waals surface area contributed by atoms with Gasteiger partial charge in [0, 0.05) is 31.7 Å². The summed E-state index contributed by atoms with van der Waals surface area (Å²) >= 11 is 0. The van der Waals surface area contributed by atoms with Crippen molar-refractivity contribution >= 4 is 17.8 Å². The minimum absolute atomic E-state index is 0.0978. The number of aliphatic hydroxyl groups excluding tert-OH is 1. The Hall–Kier alpha value is -2.86. The lowest BCUT2D eigenvalue weighted by atomic mass is 9.81. The number of amides is 2. The van der Waals surface area contributed by atoms with Crippen LogP contribution in [0.25, 0.3) is 5.57 Å². The fraction of sp³-hybridized carbons (Fsp3) is 0.440. The monoisotopic (exact) mass is 423 g/mol. The number of nitrogens with zero attached hydrogens (tertiary/aromatic N) is 2. The van der Waals surface area contributed by atoms with Crippen molar-refractivity contribution in [3.63, 3.8) is 0 Å². The minimum atomic E-state index is -0.179. The van der Waals surface area contributed by atoms with Crippen LogP contribution in [0, 0.1) is 5.41 Å². The first-order valence-electron chi connectivity index (χ1n) is 10.8. The van der Waals surface area contributed by atoms with E-state index >= 15 is 0 Å². The molecule has 0 bridgehead atoms. The van der Waals surface area contributed by atoms with Crippen LogP contribution in [0.1, 0.15) is 45.1 Å². The quantitative estimate of drug-likeness (QED) is 0.662. The number of hydrogen-bond donors (Lipinski definition) is 2. The van der Waals surface area contributed by atoms with Crippen molar-refractivity contribution in [3.8, 4) is 0 Å². The van der Waals surface area contributed by atoms with Crippen LogP contribution in [0.3, 0.4) is 0 Å². The van der Waals surface area contributed by atoms with Crippen molar-refractivity contribution in [1.82, 2.24) is 10.2 Å². The van der Waals surface area contributed by atoms with E-state index in [0.717, 1.165) is 53.8 Å². The lowest BCUT2D eigenvalue weighted by molar-refractivity contribution is 0.0706. The summed E-state index contributed by atoms with van der Waals surface area (Å²) in [5.74, 6) is 0.932. The summed E-state index contributed by atoms with van der Waals surface area (Å²) in [5.41, 5.74) is 4.51. The van der Waals surface area contributed by atoms with Gasteiger partial charge in [0.1, 0.15) is 5.76 Å². The molecule has 0 spiro atoms. The van der Waals surface area contributed by atoms with Gasteiger partial charge in [-0.05, 0) is 42.7 Å². The highest BCUT2D eigenvalue weighted by Gasteiger charge is 2.31. The molecule has 0 radical (unpaired) electrons. The molecular weight excluding hydrogens is 390 g/mol. The topological polar surface area (TPSA) is 74.2 Å². The van der Waals surface area contributed by atoms with Crippen LogP contribution in [0.15, 0.2) is 64.6 Å². The van der Waals surface area contributed by atoms with Crippen molar-refractivity contribution in [2.24, 2.45) is 10.4 Å². The number of carbonyl (C=O) groups is 1. The summed E-state index contributed by atoms with van der Waals surface area (Å²) in [5, 5.41) is 12.3. The van der Waals surface area contributed by atoms with Gasteiger partial charge >= 0.3 is 6.03 Å². The number of urea groups is 1. The van der Waals surface area contributed by atoms with Gasteiger partial charge in [0.15, 0.2) is 0 Å². The number of aliphatic imine (C=N–C) groups is 1. The number of allylic oxidation sites excluding steroid dienone is 4. The first-order valence-corrected chi connectivity index (χ1v) is 10.8. The number of benzene rings is 1. The van der Waals surface area contributed by atoms with Crippen molar-refractivity contribution in [1.29, 1.82) is 0 Å². The van der Waals surface area contributed by atoms with Gasteiger partial charge in [-0.3, -0.25) is 4.99 Å². The predicted molar refractivity (Wildman–Crippen MR) is 124 cm³/mol. The maximum atomic E-state index is 12.6. The maximum absolute atomic E-state index is 12.6. The first-order chi connectivity index (χ1) is 14.9. The molecule has 31 heavy (non-hydrogen) atoms. The second-order valence-electron chi connectivity index (χ2n) is 8.61. The Morgan fingerprint density at radius 2 is 1.97 bits per heavy atom. The van der Waals surface area contributed by atoms with Gasteiger partial charge in [0.05, 0.1) is 24.7 Å². The molecule has 0 saturated carbocycles. The van der Waals surface area contributed by atoms with Crippen molar-refractivity contribution in [2.75, 3.05) is 26.8 Å². The Balaban J connectivity index is 1.72. The van der Waals surface area contributed by atoms with Gasteiger partial charge in [-0.2, -0.15) is 0 Å². The first kappa shape index (κ1) is 22.8. The molecule has 1 heterocycles. The highest BCUT2D eigenvalue weighted by Crippen LogP contribution is 2.36. The molecule has 6 heteroatoms. The van der Waals surface area contributed by atoms with Gasteiger partial charge in [-0.15, -0.1) is 0 Å². The van der Waals surface area contributed by atoms with Crippen LogP contribution < -0.4 is 5.32 Å². The van der Waals surface area contributed by atoms with Crippen molar-refractivity contribution in [2.45, 2.75) is 39.5 Å². The van der Waals surface area contributed by atoms with E-state index in [-0.39, 0.29) is 18.1 Å². The van der Waals surface area contributed by atoms with Gasteiger partial charge in [-0.25, -0.2) is 4.79 Å². The normalized spacial score (nSPS) is 19.0. The number of piperidine rings is 1. The SMILES string of the molecule is C=C(/C=N\C1=C(c2ccccc2)CCC(OC)=C1C)NC(=O)N1CCC(C)(CO)CC1. The van der Waals surface area contributed by atoms with E-state index in [1.807, 2.05) is 25.1 Å². The molecule has 6 nitrogen and oxygen atoms in total. The van der Waals surface area contributed by atoms with Crippen LogP contribution in [-0.2, 0) is 4.74 Å². The summed E-state index contributed by atoms with van der Waals surface area (Å²) < 4.78 is 5.55. The molecule has 2 aliphatic rings. The summed E-state index contributed by atoms with van der Waals surface area (Å²) in [4.78, 5) is 19.1. The Morgan fingerprint density at radius 1 is 1.29 bits per heavy atom. The van der Waals surface area contributed by atoms with E-state index in [1.54, 1.807) is 18.2 Å². The number of ether oxygens (including phenoxy) is 1.